The van der Waals surface area contributed by atoms with Crippen LogP contribution in [0.4, 0.5) is 18.9 Å². The van der Waals surface area contributed by atoms with E-state index in [9.17, 15) is 13.2 Å². The van der Waals surface area contributed by atoms with Gasteiger partial charge in [0, 0.05) is 29.4 Å². The molecule has 27 heavy (non-hydrogen) atoms. The van der Waals surface area contributed by atoms with Gasteiger partial charge < -0.3 is 5.73 Å². The largest absolute Gasteiger partial charge is 0.416 e. The van der Waals surface area contributed by atoms with Gasteiger partial charge in [0.15, 0.2) is 0 Å². The van der Waals surface area contributed by atoms with Crippen LogP contribution in [-0.2, 0) is 13.2 Å². The average Bonchev–Trinajstić information content (AvgIpc) is 3.15. The fraction of sp³-hybridized carbons (Fsp3) is 0.158. The number of nitrogens with two attached hydrogens (primary N) is 1. The Morgan fingerprint density at radius 3 is 2.33 bits per heavy atom. The molecule has 4 aromatic rings. The minimum Gasteiger partial charge on any atom is -0.399 e. The topological polar surface area (TPSA) is 61.7 Å². The molecule has 2 N–H and O–H groups in total. The summed E-state index contributed by atoms with van der Waals surface area (Å²) in [7, 11) is 1.84. The third kappa shape index (κ3) is 2.83. The number of aromatic nitrogens is 4. The molecule has 0 fully saturated rings. The van der Waals surface area contributed by atoms with Crippen LogP contribution in [0.5, 0.6) is 0 Å². The van der Waals surface area contributed by atoms with Crippen molar-refractivity contribution in [2.75, 3.05) is 5.73 Å². The quantitative estimate of drug-likeness (QED) is 0.534. The molecule has 2 aromatic heterocycles. The number of anilines is 1. The second-order valence-electron chi connectivity index (χ2n) is 6.35. The molecule has 0 amide bonds. The normalized spacial score (nSPS) is 12.0. The van der Waals surface area contributed by atoms with Crippen LogP contribution in [0.2, 0.25) is 0 Å². The maximum absolute atomic E-state index is 12.8. The van der Waals surface area contributed by atoms with Gasteiger partial charge in [-0.15, -0.1) is 0 Å². The van der Waals surface area contributed by atoms with E-state index in [0.717, 1.165) is 34.3 Å². The second-order valence-corrected chi connectivity index (χ2v) is 6.35. The summed E-state index contributed by atoms with van der Waals surface area (Å²) in [4.78, 5) is 0. The highest BCUT2D eigenvalue weighted by molar-refractivity contribution is 5.96. The number of halogens is 3. The summed E-state index contributed by atoms with van der Waals surface area (Å²) in [5, 5.41) is 9.73. The van der Waals surface area contributed by atoms with Gasteiger partial charge in [0.1, 0.15) is 5.69 Å². The van der Waals surface area contributed by atoms with E-state index in [0.29, 0.717) is 17.1 Å². The Morgan fingerprint density at radius 1 is 1.04 bits per heavy atom. The molecule has 0 atom stereocenters. The SMILES string of the molecule is Cc1c(-c2nn(-c3ccc(C(F)(F)F)cc3)c3ccc(N)cc23)cnn1C. The van der Waals surface area contributed by atoms with Crippen molar-refractivity contribution in [3.05, 3.63) is 59.9 Å². The molecule has 0 aliphatic carbocycles. The van der Waals surface area contributed by atoms with E-state index in [2.05, 4.69) is 10.2 Å². The molecular formula is C19H16F3N5. The van der Waals surface area contributed by atoms with E-state index in [-0.39, 0.29) is 0 Å². The number of benzene rings is 2. The van der Waals surface area contributed by atoms with Crippen LogP contribution in [0.3, 0.4) is 0 Å². The van der Waals surface area contributed by atoms with E-state index in [1.165, 1.54) is 12.1 Å². The molecule has 0 bridgehead atoms. The van der Waals surface area contributed by atoms with E-state index >= 15 is 0 Å². The van der Waals surface area contributed by atoms with Gasteiger partial charge in [-0.1, -0.05) is 0 Å². The fourth-order valence-corrected chi connectivity index (χ4v) is 3.05. The molecule has 0 aliphatic rings. The zero-order valence-corrected chi connectivity index (χ0v) is 14.6. The van der Waals surface area contributed by atoms with Crippen LogP contribution in [0.25, 0.3) is 27.8 Å². The lowest BCUT2D eigenvalue weighted by atomic mass is 10.1. The number of nitrogen functional groups attached to an aromatic ring is 1. The van der Waals surface area contributed by atoms with Crippen LogP contribution in [0, 0.1) is 6.92 Å². The number of rotatable bonds is 2. The minimum atomic E-state index is -4.38. The van der Waals surface area contributed by atoms with Gasteiger partial charge in [-0.25, -0.2) is 4.68 Å². The summed E-state index contributed by atoms with van der Waals surface area (Å²) in [5.74, 6) is 0. The smallest absolute Gasteiger partial charge is 0.399 e. The number of nitrogens with zero attached hydrogens (tertiary/aromatic N) is 4. The highest BCUT2D eigenvalue weighted by Crippen LogP contribution is 2.34. The second kappa shape index (κ2) is 5.87. The monoisotopic (exact) mass is 371 g/mol. The number of fused-ring (bicyclic) bond motifs is 1. The first kappa shape index (κ1) is 17.1. The Labute approximate surface area is 152 Å². The lowest BCUT2D eigenvalue weighted by Gasteiger charge is -2.08. The molecule has 0 unspecified atom stereocenters. The zero-order valence-electron chi connectivity index (χ0n) is 14.6. The van der Waals surface area contributed by atoms with Gasteiger partial charge in [0.25, 0.3) is 0 Å². The highest BCUT2D eigenvalue weighted by atomic mass is 19.4. The predicted octanol–water partition coefficient (Wildman–Crippen LogP) is 4.34. The summed E-state index contributed by atoms with van der Waals surface area (Å²) in [6.07, 6.45) is -2.66. The van der Waals surface area contributed by atoms with Crippen LogP contribution < -0.4 is 5.73 Å². The van der Waals surface area contributed by atoms with Gasteiger partial charge in [-0.3, -0.25) is 4.68 Å². The van der Waals surface area contributed by atoms with Crippen LogP contribution in [0.1, 0.15) is 11.3 Å². The molecule has 0 saturated heterocycles. The molecule has 138 valence electrons. The number of hydrogen-bond donors (Lipinski definition) is 1. The Bertz CT molecular complexity index is 1140. The third-order valence-electron chi connectivity index (χ3n) is 4.63. The van der Waals surface area contributed by atoms with Crippen molar-refractivity contribution < 1.29 is 13.2 Å². The molecule has 2 heterocycles. The van der Waals surface area contributed by atoms with Gasteiger partial charge in [-0.05, 0) is 49.4 Å². The summed E-state index contributed by atoms with van der Waals surface area (Å²) in [5.41, 5.74) is 9.57. The molecule has 2 aromatic carbocycles. The molecule has 4 rings (SSSR count). The molecule has 5 nitrogen and oxygen atoms in total. The molecule has 8 heteroatoms. The summed E-state index contributed by atoms with van der Waals surface area (Å²) in [6.45, 7) is 1.93. The predicted molar refractivity (Wildman–Crippen MR) is 97.4 cm³/mol. The number of alkyl halides is 3. The molecule has 0 aliphatic heterocycles. The third-order valence-corrected chi connectivity index (χ3v) is 4.63. The Kier molecular flexibility index (Phi) is 3.73. The lowest BCUT2D eigenvalue weighted by molar-refractivity contribution is -0.137. The van der Waals surface area contributed by atoms with Gasteiger partial charge in [0.2, 0.25) is 0 Å². The van der Waals surface area contributed by atoms with Crippen molar-refractivity contribution in [2.45, 2.75) is 13.1 Å². The van der Waals surface area contributed by atoms with Crippen LogP contribution in [0.15, 0.2) is 48.7 Å². The van der Waals surface area contributed by atoms with Crippen LogP contribution >= 0.6 is 0 Å². The first-order chi connectivity index (χ1) is 12.8. The Hall–Kier alpha value is -3.29. The summed E-state index contributed by atoms with van der Waals surface area (Å²) < 4.78 is 41.9. The molecule has 0 saturated carbocycles. The minimum absolute atomic E-state index is 0.533. The number of hydrogen-bond acceptors (Lipinski definition) is 3. The first-order valence-corrected chi connectivity index (χ1v) is 8.20. The lowest BCUT2D eigenvalue weighted by Crippen LogP contribution is -2.05. The summed E-state index contributed by atoms with van der Waals surface area (Å²) >= 11 is 0. The average molecular weight is 371 g/mol. The highest BCUT2D eigenvalue weighted by Gasteiger charge is 2.30. The van der Waals surface area contributed by atoms with Crippen molar-refractivity contribution in [3.63, 3.8) is 0 Å². The van der Waals surface area contributed by atoms with E-state index in [1.807, 2.05) is 26.1 Å². The van der Waals surface area contributed by atoms with Gasteiger partial charge >= 0.3 is 6.18 Å². The van der Waals surface area contributed by atoms with Crippen LogP contribution in [-0.4, -0.2) is 19.6 Å². The van der Waals surface area contributed by atoms with Crippen molar-refractivity contribution in [1.82, 2.24) is 19.6 Å². The van der Waals surface area contributed by atoms with E-state index in [4.69, 9.17) is 5.73 Å². The molecule has 0 spiro atoms. The van der Waals surface area contributed by atoms with Gasteiger partial charge in [0.05, 0.1) is 23.0 Å². The van der Waals surface area contributed by atoms with E-state index < -0.39 is 11.7 Å². The molecule has 0 radical (unpaired) electrons. The number of aryl methyl sites for hydroxylation is 1. The van der Waals surface area contributed by atoms with Crippen molar-refractivity contribution in [1.29, 1.82) is 0 Å². The van der Waals surface area contributed by atoms with Crippen molar-refractivity contribution in [3.8, 4) is 16.9 Å². The zero-order chi connectivity index (χ0) is 19.3. The van der Waals surface area contributed by atoms with Gasteiger partial charge in [-0.2, -0.15) is 23.4 Å². The van der Waals surface area contributed by atoms with E-state index in [1.54, 1.807) is 21.6 Å². The standard InChI is InChI=1S/C19H16F3N5/c1-11-16(10-24-26(11)2)18-15-9-13(23)5-8-17(15)27(25-18)14-6-3-12(4-7-14)19(20,21)22/h3-10H,23H2,1-2H3. The maximum atomic E-state index is 12.8. The Morgan fingerprint density at radius 2 is 1.74 bits per heavy atom. The molecular weight excluding hydrogens is 355 g/mol. The maximum Gasteiger partial charge on any atom is 0.416 e. The summed E-state index contributed by atoms with van der Waals surface area (Å²) in [6, 6.07) is 10.3. The Balaban J connectivity index is 1.93. The van der Waals surface area contributed by atoms with Crippen molar-refractivity contribution in [2.24, 2.45) is 7.05 Å². The first-order valence-electron chi connectivity index (χ1n) is 8.20. The fourth-order valence-electron chi connectivity index (χ4n) is 3.05. The van der Waals surface area contributed by atoms with Crippen molar-refractivity contribution >= 4 is 16.6 Å².